The van der Waals surface area contributed by atoms with Crippen LogP contribution in [0.15, 0.2) is 0 Å². The SMILES string of the molecule is CCCCOCCN1C[C@@H]2C[C@H]1CN2CCOCCC. The van der Waals surface area contributed by atoms with E-state index in [1.807, 2.05) is 0 Å². The van der Waals surface area contributed by atoms with Gasteiger partial charge in [0.15, 0.2) is 0 Å². The molecule has 0 aromatic heterocycles. The molecular weight excluding hydrogens is 252 g/mol. The number of likely N-dealkylation sites (tertiary alicyclic amines) is 2. The van der Waals surface area contributed by atoms with E-state index in [2.05, 4.69) is 23.6 Å². The van der Waals surface area contributed by atoms with E-state index in [-0.39, 0.29) is 0 Å². The summed E-state index contributed by atoms with van der Waals surface area (Å²) >= 11 is 0. The van der Waals surface area contributed by atoms with Crippen molar-refractivity contribution in [2.24, 2.45) is 0 Å². The summed E-state index contributed by atoms with van der Waals surface area (Å²) in [6.07, 6.45) is 4.89. The van der Waals surface area contributed by atoms with Gasteiger partial charge in [0.05, 0.1) is 13.2 Å². The molecule has 0 radical (unpaired) electrons. The zero-order valence-corrected chi connectivity index (χ0v) is 13.4. The van der Waals surface area contributed by atoms with Crippen molar-refractivity contribution in [3.05, 3.63) is 0 Å². The van der Waals surface area contributed by atoms with Gasteiger partial charge in [-0.3, -0.25) is 9.80 Å². The number of piperazine rings is 1. The summed E-state index contributed by atoms with van der Waals surface area (Å²) in [7, 11) is 0. The van der Waals surface area contributed by atoms with Gasteiger partial charge in [-0.2, -0.15) is 0 Å². The largest absolute Gasteiger partial charge is 0.380 e. The van der Waals surface area contributed by atoms with E-state index >= 15 is 0 Å². The van der Waals surface area contributed by atoms with Crippen molar-refractivity contribution in [2.45, 2.75) is 51.6 Å². The van der Waals surface area contributed by atoms with Crippen LogP contribution in [0.3, 0.4) is 0 Å². The minimum absolute atomic E-state index is 0.765. The third-order valence-electron chi connectivity index (χ3n) is 4.50. The van der Waals surface area contributed by atoms with Crippen LogP contribution in [0, 0.1) is 0 Å². The van der Waals surface area contributed by atoms with E-state index < -0.39 is 0 Å². The van der Waals surface area contributed by atoms with Gasteiger partial charge in [0.1, 0.15) is 0 Å². The summed E-state index contributed by atoms with van der Waals surface area (Å²) in [5.74, 6) is 0. The molecule has 2 bridgehead atoms. The number of nitrogens with zero attached hydrogens (tertiary/aromatic N) is 2. The summed E-state index contributed by atoms with van der Waals surface area (Å²) in [5, 5.41) is 0. The maximum absolute atomic E-state index is 5.69. The minimum atomic E-state index is 0.765. The van der Waals surface area contributed by atoms with Crippen molar-refractivity contribution in [3.8, 4) is 0 Å². The predicted octanol–water partition coefficient (Wildman–Crippen LogP) is 1.99. The molecule has 0 spiro atoms. The second-order valence-electron chi connectivity index (χ2n) is 6.11. The Hall–Kier alpha value is -0.160. The van der Waals surface area contributed by atoms with Crippen LogP contribution in [-0.2, 0) is 9.47 Å². The standard InChI is InChI=1S/C16H32N2O2/c1-3-5-9-20-11-7-18-14-15-12-16(18)13-17(15)6-10-19-8-4-2/h15-16H,3-14H2,1-2H3/t15-,16-/m0/s1. The molecule has 0 aromatic rings. The molecule has 2 aliphatic heterocycles. The smallest absolute Gasteiger partial charge is 0.0593 e. The van der Waals surface area contributed by atoms with E-state index in [0.29, 0.717) is 0 Å². The molecule has 2 fully saturated rings. The number of unbranched alkanes of at least 4 members (excludes halogenated alkanes) is 1. The highest BCUT2D eigenvalue weighted by molar-refractivity contribution is 4.99. The van der Waals surface area contributed by atoms with Gasteiger partial charge in [0, 0.05) is 51.5 Å². The molecule has 2 rings (SSSR count). The Morgan fingerprint density at radius 2 is 1.40 bits per heavy atom. The molecule has 20 heavy (non-hydrogen) atoms. The number of fused-ring (bicyclic) bond motifs is 2. The van der Waals surface area contributed by atoms with Crippen molar-refractivity contribution in [2.75, 3.05) is 52.6 Å². The first-order valence-electron chi connectivity index (χ1n) is 8.48. The second-order valence-corrected chi connectivity index (χ2v) is 6.11. The Balaban J connectivity index is 1.55. The van der Waals surface area contributed by atoms with Crippen molar-refractivity contribution >= 4 is 0 Å². The Labute approximate surface area is 124 Å². The Kier molecular flexibility index (Phi) is 7.28. The molecule has 0 unspecified atom stereocenters. The molecular formula is C16H32N2O2. The van der Waals surface area contributed by atoms with Crippen molar-refractivity contribution in [1.82, 2.24) is 9.80 Å². The summed E-state index contributed by atoms with van der Waals surface area (Å²) in [6, 6.07) is 1.53. The van der Waals surface area contributed by atoms with Gasteiger partial charge >= 0.3 is 0 Å². The number of hydrogen-bond acceptors (Lipinski definition) is 4. The lowest BCUT2D eigenvalue weighted by atomic mass is 10.2. The first-order valence-corrected chi connectivity index (χ1v) is 8.48. The van der Waals surface area contributed by atoms with E-state index in [0.717, 1.165) is 58.0 Å². The fourth-order valence-electron chi connectivity index (χ4n) is 3.34. The molecule has 0 aromatic carbocycles. The molecule has 2 aliphatic rings. The number of ether oxygens (including phenoxy) is 2. The lowest BCUT2D eigenvalue weighted by Gasteiger charge is -2.34. The molecule has 4 heteroatoms. The first-order chi connectivity index (χ1) is 9.85. The zero-order chi connectivity index (χ0) is 14.2. The van der Waals surface area contributed by atoms with E-state index in [1.54, 1.807) is 0 Å². The molecule has 0 saturated carbocycles. The van der Waals surface area contributed by atoms with E-state index in [1.165, 1.54) is 32.4 Å². The van der Waals surface area contributed by atoms with Gasteiger partial charge in [-0.15, -0.1) is 0 Å². The molecule has 0 aliphatic carbocycles. The fourth-order valence-corrected chi connectivity index (χ4v) is 3.34. The van der Waals surface area contributed by atoms with Crippen molar-refractivity contribution in [3.63, 3.8) is 0 Å². The summed E-state index contributed by atoms with van der Waals surface area (Å²) in [6.45, 7) is 12.7. The Bertz CT molecular complexity index is 263. The lowest BCUT2D eigenvalue weighted by molar-refractivity contribution is 0.0545. The van der Waals surface area contributed by atoms with Crippen molar-refractivity contribution in [1.29, 1.82) is 0 Å². The lowest BCUT2D eigenvalue weighted by Crippen LogP contribution is -2.48. The van der Waals surface area contributed by atoms with Gasteiger partial charge in [0.25, 0.3) is 0 Å². The number of rotatable bonds is 11. The Morgan fingerprint density at radius 3 is 1.90 bits per heavy atom. The van der Waals surface area contributed by atoms with Gasteiger partial charge in [-0.25, -0.2) is 0 Å². The number of hydrogen-bond donors (Lipinski definition) is 0. The van der Waals surface area contributed by atoms with E-state index in [4.69, 9.17) is 9.47 Å². The highest BCUT2D eigenvalue weighted by atomic mass is 16.5. The summed E-state index contributed by atoms with van der Waals surface area (Å²) in [4.78, 5) is 5.24. The van der Waals surface area contributed by atoms with Gasteiger partial charge in [-0.05, 0) is 19.3 Å². The predicted molar refractivity (Wildman–Crippen MR) is 82.2 cm³/mol. The van der Waals surface area contributed by atoms with Crippen LogP contribution in [0.4, 0.5) is 0 Å². The van der Waals surface area contributed by atoms with E-state index in [9.17, 15) is 0 Å². The Morgan fingerprint density at radius 1 is 0.800 bits per heavy atom. The normalized spacial score (nSPS) is 26.7. The quantitative estimate of drug-likeness (QED) is 0.542. The fraction of sp³-hybridized carbons (Fsp3) is 1.00. The van der Waals surface area contributed by atoms with Crippen LogP contribution < -0.4 is 0 Å². The second kappa shape index (κ2) is 8.98. The molecule has 118 valence electrons. The van der Waals surface area contributed by atoms with Gasteiger partial charge in [-0.1, -0.05) is 20.3 Å². The molecule has 0 amide bonds. The highest BCUT2D eigenvalue weighted by Crippen LogP contribution is 2.29. The molecule has 2 saturated heterocycles. The highest BCUT2D eigenvalue weighted by Gasteiger charge is 2.42. The molecule has 0 N–H and O–H groups in total. The van der Waals surface area contributed by atoms with Crippen molar-refractivity contribution < 1.29 is 9.47 Å². The minimum Gasteiger partial charge on any atom is -0.380 e. The third-order valence-corrected chi connectivity index (χ3v) is 4.50. The van der Waals surface area contributed by atoms with Crippen LogP contribution in [0.25, 0.3) is 0 Å². The van der Waals surface area contributed by atoms with Gasteiger partial charge < -0.3 is 9.47 Å². The van der Waals surface area contributed by atoms with Crippen LogP contribution in [0.5, 0.6) is 0 Å². The monoisotopic (exact) mass is 284 g/mol. The molecule has 4 nitrogen and oxygen atoms in total. The van der Waals surface area contributed by atoms with Crippen LogP contribution >= 0.6 is 0 Å². The average molecular weight is 284 g/mol. The van der Waals surface area contributed by atoms with Crippen LogP contribution in [-0.4, -0.2) is 74.5 Å². The zero-order valence-electron chi connectivity index (χ0n) is 13.4. The maximum Gasteiger partial charge on any atom is 0.0593 e. The van der Waals surface area contributed by atoms with Crippen LogP contribution in [0.1, 0.15) is 39.5 Å². The summed E-state index contributed by atoms with van der Waals surface area (Å²) < 4.78 is 11.3. The molecule has 2 heterocycles. The maximum atomic E-state index is 5.69. The summed E-state index contributed by atoms with van der Waals surface area (Å²) in [5.41, 5.74) is 0. The average Bonchev–Trinajstić information content (AvgIpc) is 3.03. The molecule has 2 atom stereocenters. The topological polar surface area (TPSA) is 24.9 Å². The van der Waals surface area contributed by atoms with Gasteiger partial charge in [0.2, 0.25) is 0 Å². The third kappa shape index (κ3) is 4.69. The van der Waals surface area contributed by atoms with Crippen LogP contribution in [0.2, 0.25) is 0 Å². The first kappa shape index (κ1) is 16.2.